The van der Waals surface area contributed by atoms with Gasteiger partial charge in [-0.2, -0.15) is 4.72 Å². The van der Waals surface area contributed by atoms with Crippen LogP contribution in [0.25, 0.3) is 9.75 Å². The lowest BCUT2D eigenvalue weighted by Crippen LogP contribution is -2.55. The quantitative estimate of drug-likeness (QED) is 0.546. The van der Waals surface area contributed by atoms with E-state index in [9.17, 15) is 18.0 Å². The molecule has 0 aromatic carbocycles. The first-order valence-electron chi connectivity index (χ1n) is 10.9. The molecular formula is C21H27ClN4O4S3. The van der Waals surface area contributed by atoms with Gasteiger partial charge in [0.05, 0.1) is 10.9 Å². The standard InChI is InChI=1S/C21H27ClN4O4S3/c1-23-12-14-4-2-11-26(14)19(27)13-25-10-3-5-15(21(25)28)24-33(29,30)20-9-7-17(32-20)16-6-8-18(22)31-16/h6-9,14-15,23-24H,2-5,10-13H2,1H3/t14-,15-/m0/s1. The van der Waals surface area contributed by atoms with Crippen LogP contribution in [0.3, 0.4) is 0 Å². The molecule has 12 heteroatoms. The van der Waals surface area contributed by atoms with Crippen LogP contribution in [0.2, 0.25) is 4.34 Å². The Labute approximate surface area is 207 Å². The normalized spacial score (nSPS) is 21.7. The van der Waals surface area contributed by atoms with Gasteiger partial charge >= 0.3 is 0 Å². The highest BCUT2D eigenvalue weighted by Crippen LogP contribution is 2.36. The number of carbonyl (C=O) groups is 2. The molecule has 33 heavy (non-hydrogen) atoms. The second-order valence-electron chi connectivity index (χ2n) is 8.24. The Hall–Kier alpha value is -1.50. The number of thiophene rings is 2. The summed E-state index contributed by atoms with van der Waals surface area (Å²) in [4.78, 5) is 30.9. The third kappa shape index (κ3) is 5.60. The molecule has 4 rings (SSSR count). The molecule has 0 saturated carbocycles. The van der Waals surface area contributed by atoms with Crippen LogP contribution in [-0.4, -0.2) is 75.3 Å². The van der Waals surface area contributed by atoms with Gasteiger partial charge in [0, 0.05) is 35.4 Å². The van der Waals surface area contributed by atoms with Crippen molar-refractivity contribution in [3.63, 3.8) is 0 Å². The molecule has 2 aromatic heterocycles. The average molecular weight is 531 g/mol. The maximum absolute atomic E-state index is 13.0. The van der Waals surface area contributed by atoms with E-state index in [1.807, 2.05) is 18.0 Å². The van der Waals surface area contributed by atoms with E-state index in [2.05, 4.69) is 10.0 Å². The first-order valence-corrected chi connectivity index (χ1v) is 14.4. The van der Waals surface area contributed by atoms with Gasteiger partial charge in [0.25, 0.3) is 10.0 Å². The van der Waals surface area contributed by atoms with Gasteiger partial charge in [-0.1, -0.05) is 11.6 Å². The molecule has 2 N–H and O–H groups in total. The molecule has 0 unspecified atom stereocenters. The van der Waals surface area contributed by atoms with Crippen molar-refractivity contribution in [1.82, 2.24) is 19.8 Å². The summed E-state index contributed by atoms with van der Waals surface area (Å²) < 4.78 is 29.3. The van der Waals surface area contributed by atoms with Crippen LogP contribution >= 0.6 is 34.3 Å². The molecule has 0 bridgehead atoms. The summed E-state index contributed by atoms with van der Waals surface area (Å²) >= 11 is 8.51. The number of likely N-dealkylation sites (tertiary alicyclic amines) is 2. The molecule has 2 aliphatic rings. The maximum atomic E-state index is 13.0. The predicted molar refractivity (Wildman–Crippen MR) is 131 cm³/mol. The summed E-state index contributed by atoms with van der Waals surface area (Å²) in [5.74, 6) is -0.425. The summed E-state index contributed by atoms with van der Waals surface area (Å²) in [6.07, 6.45) is 2.95. The molecule has 0 spiro atoms. The second-order valence-corrected chi connectivity index (χ2v) is 13.0. The zero-order chi connectivity index (χ0) is 23.6. The first kappa shape index (κ1) is 24.6. The Morgan fingerprint density at radius 3 is 2.58 bits per heavy atom. The van der Waals surface area contributed by atoms with Crippen molar-refractivity contribution in [2.45, 2.75) is 42.0 Å². The fourth-order valence-electron chi connectivity index (χ4n) is 4.36. The molecule has 2 fully saturated rings. The van der Waals surface area contributed by atoms with Crippen molar-refractivity contribution in [1.29, 1.82) is 0 Å². The van der Waals surface area contributed by atoms with Crippen molar-refractivity contribution >= 4 is 56.1 Å². The molecule has 2 amide bonds. The number of hydrogen-bond donors (Lipinski definition) is 2. The molecule has 2 saturated heterocycles. The monoisotopic (exact) mass is 530 g/mol. The van der Waals surface area contributed by atoms with Crippen molar-refractivity contribution in [3.8, 4) is 9.75 Å². The molecular weight excluding hydrogens is 504 g/mol. The van der Waals surface area contributed by atoms with E-state index in [1.165, 1.54) is 16.2 Å². The fourth-order valence-corrected chi connectivity index (χ4v) is 8.04. The van der Waals surface area contributed by atoms with Gasteiger partial charge in [-0.3, -0.25) is 9.59 Å². The molecule has 2 aromatic rings. The van der Waals surface area contributed by atoms with Crippen molar-refractivity contribution in [3.05, 3.63) is 28.6 Å². The highest BCUT2D eigenvalue weighted by molar-refractivity contribution is 7.91. The Bertz CT molecular complexity index is 1120. The van der Waals surface area contributed by atoms with E-state index in [-0.39, 0.29) is 28.6 Å². The van der Waals surface area contributed by atoms with Crippen molar-refractivity contribution in [2.24, 2.45) is 0 Å². The van der Waals surface area contributed by atoms with E-state index >= 15 is 0 Å². The summed E-state index contributed by atoms with van der Waals surface area (Å²) in [5, 5.41) is 3.11. The Morgan fingerprint density at radius 2 is 1.85 bits per heavy atom. The number of carbonyl (C=O) groups excluding carboxylic acids is 2. The van der Waals surface area contributed by atoms with Gasteiger partial charge in [-0.05, 0) is 57.0 Å². The van der Waals surface area contributed by atoms with Crippen LogP contribution in [0.5, 0.6) is 0 Å². The van der Waals surface area contributed by atoms with E-state index in [1.54, 1.807) is 18.2 Å². The van der Waals surface area contributed by atoms with E-state index in [4.69, 9.17) is 11.6 Å². The summed E-state index contributed by atoms with van der Waals surface area (Å²) in [6, 6.07) is 6.18. The first-order chi connectivity index (χ1) is 15.8. The van der Waals surface area contributed by atoms with Gasteiger partial charge in [-0.15, -0.1) is 22.7 Å². The molecule has 180 valence electrons. The number of hydrogen-bond acceptors (Lipinski definition) is 7. The predicted octanol–water partition coefficient (Wildman–Crippen LogP) is 2.61. The van der Waals surface area contributed by atoms with Gasteiger partial charge < -0.3 is 15.1 Å². The third-order valence-corrected chi connectivity index (χ3v) is 10.4. The van der Waals surface area contributed by atoms with Crippen LogP contribution < -0.4 is 10.0 Å². The molecule has 2 atom stereocenters. The van der Waals surface area contributed by atoms with Crippen LogP contribution in [0, 0.1) is 0 Å². The topological polar surface area (TPSA) is 98.8 Å². The molecule has 2 aliphatic heterocycles. The van der Waals surface area contributed by atoms with E-state index in [0.29, 0.717) is 30.3 Å². The summed E-state index contributed by atoms with van der Waals surface area (Å²) in [6.45, 7) is 1.86. The number of piperidine rings is 1. The maximum Gasteiger partial charge on any atom is 0.250 e. The minimum atomic E-state index is -3.87. The second kappa shape index (κ2) is 10.4. The number of amides is 2. The molecule has 0 aliphatic carbocycles. The smallest absolute Gasteiger partial charge is 0.250 e. The number of rotatable bonds is 8. The SMILES string of the molecule is CNC[C@@H]1CCCN1C(=O)CN1CCC[C@H](NS(=O)(=O)c2ccc(-c3ccc(Cl)s3)s2)C1=O. The zero-order valence-corrected chi connectivity index (χ0v) is 21.5. The number of halogens is 1. The van der Waals surface area contributed by atoms with Gasteiger partial charge in [-0.25, -0.2) is 8.42 Å². The molecule has 8 nitrogen and oxygen atoms in total. The molecule has 4 heterocycles. The fraction of sp³-hybridized carbons (Fsp3) is 0.524. The lowest BCUT2D eigenvalue weighted by Gasteiger charge is -2.34. The lowest BCUT2D eigenvalue weighted by atomic mass is 10.1. The Morgan fingerprint density at radius 1 is 1.12 bits per heavy atom. The highest BCUT2D eigenvalue weighted by Gasteiger charge is 2.36. The van der Waals surface area contributed by atoms with Crippen molar-refractivity contribution in [2.75, 3.05) is 33.2 Å². The van der Waals surface area contributed by atoms with Crippen LogP contribution in [0.4, 0.5) is 0 Å². The zero-order valence-electron chi connectivity index (χ0n) is 18.3. The van der Waals surface area contributed by atoms with Crippen molar-refractivity contribution < 1.29 is 18.0 Å². The molecule has 0 radical (unpaired) electrons. The third-order valence-electron chi connectivity index (χ3n) is 5.95. The number of nitrogens with zero attached hydrogens (tertiary/aromatic N) is 2. The van der Waals surface area contributed by atoms with E-state index in [0.717, 1.165) is 40.5 Å². The minimum absolute atomic E-state index is 0.0143. The summed E-state index contributed by atoms with van der Waals surface area (Å²) in [5.41, 5.74) is 0. The van der Waals surface area contributed by atoms with Crippen LogP contribution in [0.1, 0.15) is 25.7 Å². The Kier molecular flexibility index (Phi) is 7.76. The largest absolute Gasteiger partial charge is 0.337 e. The number of likely N-dealkylation sites (N-methyl/N-ethyl adjacent to an activating group) is 1. The number of sulfonamides is 1. The van der Waals surface area contributed by atoms with Gasteiger partial charge in [0.2, 0.25) is 11.8 Å². The van der Waals surface area contributed by atoms with Crippen LogP contribution in [0.15, 0.2) is 28.5 Å². The van der Waals surface area contributed by atoms with Gasteiger partial charge in [0.1, 0.15) is 10.3 Å². The lowest BCUT2D eigenvalue weighted by molar-refractivity contribution is -0.143. The average Bonchev–Trinajstić information content (AvgIpc) is 3.51. The highest BCUT2D eigenvalue weighted by atomic mass is 35.5. The van der Waals surface area contributed by atoms with E-state index < -0.39 is 16.1 Å². The number of nitrogens with one attached hydrogen (secondary N) is 2. The summed E-state index contributed by atoms with van der Waals surface area (Å²) in [7, 11) is -2.01. The van der Waals surface area contributed by atoms with Crippen LogP contribution in [-0.2, 0) is 19.6 Å². The van der Waals surface area contributed by atoms with Gasteiger partial charge in [0.15, 0.2) is 0 Å². The Balaban J connectivity index is 1.40. The minimum Gasteiger partial charge on any atom is -0.337 e.